The summed E-state index contributed by atoms with van der Waals surface area (Å²) < 4.78 is 102. The number of hydrogen-bond acceptors (Lipinski definition) is 4. The molecule has 0 amide bonds. The summed E-state index contributed by atoms with van der Waals surface area (Å²) in [7, 11) is 0. The summed E-state index contributed by atoms with van der Waals surface area (Å²) in [4.78, 5) is 12.2. The van der Waals surface area contributed by atoms with Gasteiger partial charge in [-0.2, -0.15) is 4.39 Å². The normalized spacial score (nSPS) is 11.0. The van der Waals surface area contributed by atoms with E-state index < -0.39 is 34.9 Å². The first kappa shape index (κ1) is 30.5. The van der Waals surface area contributed by atoms with Crippen molar-refractivity contribution in [3.63, 3.8) is 0 Å². The van der Waals surface area contributed by atoms with Crippen LogP contribution in [0.3, 0.4) is 0 Å². The molecule has 0 unspecified atom stereocenters. The molecule has 4 aromatic rings. The van der Waals surface area contributed by atoms with Crippen molar-refractivity contribution in [3.8, 4) is 39.5 Å². The number of aryl methyl sites for hydroxylation is 1. The SMILES string of the molecule is CCOc1ccc(-c2ccc(OCCC(=O)CCOc3ccc(-c4ccc(C)c(F)c4F)c(F)c3)cc2F)c(F)c1F. The predicted molar refractivity (Wildman–Crippen MR) is 145 cm³/mol. The van der Waals surface area contributed by atoms with Gasteiger partial charge in [0.25, 0.3) is 0 Å². The number of rotatable bonds is 12. The fourth-order valence-corrected chi connectivity index (χ4v) is 4.16. The molecule has 4 nitrogen and oxygen atoms in total. The molecular formula is C32H26F6O4. The summed E-state index contributed by atoms with van der Waals surface area (Å²) >= 11 is 0. The smallest absolute Gasteiger partial charge is 0.201 e. The highest BCUT2D eigenvalue weighted by atomic mass is 19.2. The molecule has 0 saturated heterocycles. The van der Waals surface area contributed by atoms with Crippen molar-refractivity contribution in [2.24, 2.45) is 0 Å². The van der Waals surface area contributed by atoms with Gasteiger partial charge in [0, 0.05) is 47.2 Å². The number of halogens is 6. The summed E-state index contributed by atoms with van der Waals surface area (Å²) in [5.41, 5.74) is -0.694. The maximum absolute atomic E-state index is 14.7. The Morgan fingerprint density at radius 2 is 1.07 bits per heavy atom. The molecule has 0 aliphatic heterocycles. The maximum atomic E-state index is 14.7. The Balaban J connectivity index is 1.26. The molecule has 0 bridgehead atoms. The van der Waals surface area contributed by atoms with Crippen LogP contribution < -0.4 is 14.2 Å². The van der Waals surface area contributed by atoms with Crippen LogP contribution in [-0.4, -0.2) is 25.6 Å². The minimum absolute atomic E-state index is 0.0274. The van der Waals surface area contributed by atoms with E-state index in [2.05, 4.69) is 0 Å². The summed E-state index contributed by atoms with van der Waals surface area (Å²) in [5.74, 6) is -6.63. The molecule has 0 N–H and O–H groups in total. The molecule has 4 rings (SSSR count). The largest absolute Gasteiger partial charge is 0.493 e. The van der Waals surface area contributed by atoms with E-state index >= 15 is 0 Å². The number of ether oxygens (including phenoxy) is 3. The van der Waals surface area contributed by atoms with Crippen molar-refractivity contribution in [2.75, 3.05) is 19.8 Å². The zero-order chi connectivity index (χ0) is 30.4. The van der Waals surface area contributed by atoms with Gasteiger partial charge >= 0.3 is 0 Å². The predicted octanol–water partition coefficient (Wildman–Crippen LogP) is 8.37. The number of ketones is 1. The van der Waals surface area contributed by atoms with E-state index in [-0.39, 0.29) is 83.5 Å². The first-order valence-corrected chi connectivity index (χ1v) is 13.0. The van der Waals surface area contributed by atoms with Gasteiger partial charge in [-0.05, 0) is 55.8 Å². The minimum Gasteiger partial charge on any atom is -0.493 e. The topological polar surface area (TPSA) is 44.8 Å². The molecule has 220 valence electrons. The molecule has 0 spiro atoms. The monoisotopic (exact) mass is 588 g/mol. The second-order valence-electron chi connectivity index (χ2n) is 9.25. The third kappa shape index (κ3) is 6.87. The molecule has 0 saturated carbocycles. The summed E-state index contributed by atoms with van der Waals surface area (Å²) in [5, 5.41) is 0. The van der Waals surface area contributed by atoms with Crippen LogP contribution in [0.2, 0.25) is 0 Å². The molecule has 0 atom stereocenters. The third-order valence-electron chi connectivity index (χ3n) is 6.38. The quantitative estimate of drug-likeness (QED) is 0.156. The van der Waals surface area contributed by atoms with Crippen LogP contribution in [-0.2, 0) is 4.79 Å². The number of hydrogen-bond donors (Lipinski definition) is 0. The molecule has 0 fully saturated rings. The van der Waals surface area contributed by atoms with Gasteiger partial charge in [0.15, 0.2) is 23.2 Å². The Kier molecular flexibility index (Phi) is 9.77. The molecule has 4 aromatic carbocycles. The fourth-order valence-electron chi connectivity index (χ4n) is 4.16. The van der Waals surface area contributed by atoms with Gasteiger partial charge in [0.2, 0.25) is 5.82 Å². The standard InChI is InChI=1S/C32H26F6O4/c1-3-40-28-11-10-25(31(37)32(28)38)23-9-6-21(17-27(23)34)42-15-13-19(39)12-14-41-20-5-8-22(26(33)16-20)24-7-4-18(2)29(35)30(24)36/h4-11,16-17H,3,12-15H2,1-2H3. The van der Waals surface area contributed by atoms with Gasteiger partial charge in [0.1, 0.15) is 28.9 Å². The lowest BCUT2D eigenvalue weighted by atomic mass is 10.0. The van der Waals surface area contributed by atoms with Crippen LogP contribution in [0.15, 0.2) is 60.7 Å². The van der Waals surface area contributed by atoms with Crippen molar-refractivity contribution < 1.29 is 45.3 Å². The molecule has 42 heavy (non-hydrogen) atoms. The van der Waals surface area contributed by atoms with E-state index in [1.165, 1.54) is 55.5 Å². The van der Waals surface area contributed by atoms with Gasteiger partial charge in [-0.25, -0.2) is 22.0 Å². The van der Waals surface area contributed by atoms with Crippen molar-refractivity contribution in [1.82, 2.24) is 0 Å². The number of Topliss-reactive ketones (excluding diaryl/α,β-unsaturated/α-hetero) is 1. The Labute approximate surface area is 238 Å². The van der Waals surface area contributed by atoms with Crippen molar-refractivity contribution in [2.45, 2.75) is 26.7 Å². The van der Waals surface area contributed by atoms with E-state index in [9.17, 15) is 31.1 Å². The van der Waals surface area contributed by atoms with Gasteiger partial charge < -0.3 is 14.2 Å². The van der Waals surface area contributed by atoms with E-state index in [0.29, 0.717) is 0 Å². The lowest BCUT2D eigenvalue weighted by Crippen LogP contribution is -2.10. The van der Waals surface area contributed by atoms with Crippen LogP contribution in [0.1, 0.15) is 25.3 Å². The molecular weight excluding hydrogens is 562 g/mol. The third-order valence-corrected chi connectivity index (χ3v) is 6.38. The van der Waals surface area contributed by atoms with Crippen LogP contribution in [0, 0.1) is 41.8 Å². The lowest BCUT2D eigenvalue weighted by Gasteiger charge is -2.12. The van der Waals surface area contributed by atoms with Gasteiger partial charge in [0.05, 0.1) is 19.8 Å². The zero-order valence-electron chi connectivity index (χ0n) is 22.7. The van der Waals surface area contributed by atoms with Crippen LogP contribution in [0.4, 0.5) is 26.3 Å². The molecule has 0 radical (unpaired) electrons. The first-order chi connectivity index (χ1) is 20.1. The highest BCUT2D eigenvalue weighted by Crippen LogP contribution is 2.33. The highest BCUT2D eigenvalue weighted by Gasteiger charge is 2.19. The highest BCUT2D eigenvalue weighted by molar-refractivity contribution is 5.78. The van der Waals surface area contributed by atoms with Crippen molar-refractivity contribution in [1.29, 1.82) is 0 Å². The Bertz CT molecular complexity index is 1600. The summed E-state index contributed by atoms with van der Waals surface area (Å²) in [6.45, 7) is 3.01. The van der Waals surface area contributed by atoms with Gasteiger partial charge in [-0.1, -0.05) is 12.1 Å². The second-order valence-corrected chi connectivity index (χ2v) is 9.25. The molecule has 0 aliphatic carbocycles. The molecule has 0 aliphatic rings. The molecule has 10 heteroatoms. The Morgan fingerprint density at radius 1 is 0.595 bits per heavy atom. The number of benzene rings is 4. The summed E-state index contributed by atoms with van der Waals surface area (Å²) in [6, 6.07) is 12.4. The minimum atomic E-state index is -1.24. The van der Waals surface area contributed by atoms with Crippen molar-refractivity contribution in [3.05, 3.63) is 101 Å². The lowest BCUT2D eigenvalue weighted by molar-refractivity contribution is -0.120. The molecule has 0 heterocycles. The summed E-state index contributed by atoms with van der Waals surface area (Å²) in [6.07, 6.45) is -0.0581. The zero-order valence-corrected chi connectivity index (χ0v) is 22.7. The molecule has 0 aromatic heterocycles. The van der Waals surface area contributed by atoms with Gasteiger partial charge in [-0.15, -0.1) is 0 Å². The number of carbonyl (C=O) groups excluding carboxylic acids is 1. The van der Waals surface area contributed by atoms with Crippen LogP contribution in [0.25, 0.3) is 22.3 Å². The van der Waals surface area contributed by atoms with Crippen LogP contribution >= 0.6 is 0 Å². The van der Waals surface area contributed by atoms with E-state index in [1.807, 2.05) is 0 Å². The number of carbonyl (C=O) groups is 1. The van der Waals surface area contributed by atoms with Crippen molar-refractivity contribution >= 4 is 5.78 Å². The fraction of sp³-hybridized carbons (Fsp3) is 0.219. The first-order valence-electron chi connectivity index (χ1n) is 13.0. The van der Waals surface area contributed by atoms with E-state index in [0.717, 1.165) is 12.1 Å². The van der Waals surface area contributed by atoms with E-state index in [1.54, 1.807) is 6.92 Å². The van der Waals surface area contributed by atoms with Gasteiger partial charge in [-0.3, -0.25) is 4.79 Å². The van der Waals surface area contributed by atoms with E-state index in [4.69, 9.17) is 14.2 Å². The Morgan fingerprint density at radius 3 is 1.57 bits per heavy atom. The maximum Gasteiger partial charge on any atom is 0.201 e. The average molecular weight is 589 g/mol. The second kappa shape index (κ2) is 13.5. The Hall–Kier alpha value is -4.47. The van der Waals surface area contributed by atoms with Crippen LogP contribution in [0.5, 0.6) is 17.2 Å². The average Bonchev–Trinajstić information content (AvgIpc) is 2.96.